The summed E-state index contributed by atoms with van der Waals surface area (Å²) < 4.78 is 28.5. The number of rotatable bonds is 8. The summed E-state index contributed by atoms with van der Waals surface area (Å²) >= 11 is 0. The summed E-state index contributed by atoms with van der Waals surface area (Å²) in [6.45, 7) is 6.51. The van der Waals surface area contributed by atoms with Gasteiger partial charge in [-0.05, 0) is 31.7 Å². The maximum Gasteiger partial charge on any atom is 0.150 e. The average Bonchev–Trinajstić information content (AvgIpc) is 2.64. The van der Waals surface area contributed by atoms with Crippen LogP contribution in [0.4, 0.5) is 0 Å². The van der Waals surface area contributed by atoms with Gasteiger partial charge in [0.05, 0.1) is 18.1 Å². The molecule has 0 aromatic heterocycles. The second kappa shape index (κ2) is 7.34. The molecule has 0 bridgehead atoms. The Morgan fingerprint density at radius 1 is 1.35 bits per heavy atom. The Morgan fingerprint density at radius 2 is 2.12 bits per heavy atom. The van der Waals surface area contributed by atoms with E-state index in [4.69, 9.17) is 4.74 Å². The SMILES string of the molecule is CCCNC(COCCC)C1CCS(=O)(=O)C1. The van der Waals surface area contributed by atoms with E-state index in [9.17, 15) is 8.42 Å². The van der Waals surface area contributed by atoms with E-state index < -0.39 is 9.84 Å². The van der Waals surface area contributed by atoms with Gasteiger partial charge in [0.1, 0.15) is 0 Å². The molecule has 102 valence electrons. The zero-order valence-electron chi connectivity index (χ0n) is 10.9. The topological polar surface area (TPSA) is 55.4 Å². The van der Waals surface area contributed by atoms with Crippen LogP contribution in [0.1, 0.15) is 33.1 Å². The minimum Gasteiger partial charge on any atom is -0.380 e. The zero-order valence-corrected chi connectivity index (χ0v) is 11.8. The lowest BCUT2D eigenvalue weighted by Gasteiger charge is -2.23. The van der Waals surface area contributed by atoms with Crippen molar-refractivity contribution in [2.24, 2.45) is 5.92 Å². The molecule has 1 aliphatic rings. The molecule has 1 aliphatic heterocycles. The predicted octanol–water partition coefficient (Wildman–Crippen LogP) is 1.22. The summed E-state index contributed by atoms with van der Waals surface area (Å²) in [7, 11) is -2.79. The molecule has 0 radical (unpaired) electrons. The van der Waals surface area contributed by atoms with Crippen LogP contribution in [0.25, 0.3) is 0 Å². The Kier molecular flexibility index (Phi) is 6.44. The minimum atomic E-state index is -2.79. The van der Waals surface area contributed by atoms with Gasteiger partial charge in [-0.15, -0.1) is 0 Å². The molecule has 4 nitrogen and oxygen atoms in total. The van der Waals surface area contributed by atoms with Crippen LogP contribution in [0, 0.1) is 5.92 Å². The molecule has 0 aliphatic carbocycles. The van der Waals surface area contributed by atoms with Crippen LogP contribution in [-0.4, -0.2) is 45.7 Å². The first-order valence-corrected chi connectivity index (χ1v) is 8.42. The number of hydrogen-bond donors (Lipinski definition) is 1. The summed E-state index contributed by atoms with van der Waals surface area (Å²) in [6, 6.07) is 0.193. The lowest BCUT2D eigenvalue weighted by atomic mass is 10.00. The highest BCUT2D eigenvalue weighted by molar-refractivity contribution is 7.91. The zero-order chi connectivity index (χ0) is 12.7. The predicted molar refractivity (Wildman–Crippen MR) is 70.0 cm³/mol. The lowest BCUT2D eigenvalue weighted by Crippen LogP contribution is -2.41. The highest BCUT2D eigenvalue weighted by Gasteiger charge is 2.33. The summed E-state index contributed by atoms with van der Waals surface area (Å²) in [4.78, 5) is 0. The first kappa shape index (κ1) is 14.9. The third-order valence-corrected chi connectivity index (χ3v) is 4.93. The van der Waals surface area contributed by atoms with Crippen LogP contribution in [0.2, 0.25) is 0 Å². The van der Waals surface area contributed by atoms with Gasteiger partial charge in [-0.3, -0.25) is 0 Å². The summed E-state index contributed by atoms with van der Waals surface area (Å²) in [6.07, 6.45) is 2.84. The molecule has 1 fully saturated rings. The third-order valence-electron chi connectivity index (χ3n) is 3.14. The fourth-order valence-electron chi connectivity index (χ4n) is 2.19. The lowest BCUT2D eigenvalue weighted by molar-refractivity contribution is 0.0968. The van der Waals surface area contributed by atoms with Gasteiger partial charge in [-0.25, -0.2) is 8.42 Å². The molecule has 1 heterocycles. The fourth-order valence-corrected chi connectivity index (χ4v) is 4.07. The molecule has 0 aromatic rings. The molecular weight excluding hydrogens is 238 g/mol. The largest absolute Gasteiger partial charge is 0.380 e. The maximum absolute atomic E-state index is 11.5. The molecule has 1 saturated heterocycles. The molecule has 5 heteroatoms. The van der Waals surface area contributed by atoms with E-state index in [-0.39, 0.29) is 12.0 Å². The van der Waals surface area contributed by atoms with Gasteiger partial charge in [0.25, 0.3) is 0 Å². The van der Waals surface area contributed by atoms with Crippen LogP contribution in [0.15, 0.2) is 0 Å². The second-order valence-corrected chi connectivity index (χ2v) is 7.03. The highest BCUT2D eigenvalue weighted by atomic mass is 32.2. The Morgan fingerprint density at radius 3 is 2.65 bits per heavy atom. The van der Waals surface area contributed by atoms with E-state index in [1.807, 2.05) is 0 Å². The molecule has 0 amide bonds. The molecule has 17 heavy (non-hydrogen) atoms. The Hall–Kier alpha value is -0.130. The standard InChI is InChI=1S/C12H25NO3S/c1-3-6-13-12(9-16-7-4-2)11-5-8-17(14,15)10-11/h11-13H,3-10H2,1-2H3. The van der Waals surface area contributed by atoms with Crippen LogP contribution in [-0.2, 0) is 14.6 Å². The Labute approximate surface area is 105 Å². The summed E-state index contributed by atoms with van der Waals surface area (Å²) in [5, 5.41) is 3.42. The normalized spacial score (nSPS) is 24.9. The molecular formula is C12H25NO3S. The van der Waals surface area contributed by atoms with Crippen molar-refractivity contribution in [1.29, 1.82) is 0 Å². The van der Waals surface area contributed by atoms with Crippen molar-refractivity contribution < 1.29 is 13.2 Å². The molecule has 2 unspecified atom stereocenters. The third kappa shape index (κ3) is 5.36. The molecule has 0 saturated carbocycles. The smallest absolute Gasteiger partial charge is 0.150 e. The van der Waals surface area contributed by atoms with Crippen molar-refractivity contribution in [1.82, 2.24) is 5.32 Å². The van der Waals surface area contributed by atoms with Gasteiger partial charge >= 0.3 is 0 Å². The first-order chi connectivity index (χ1) is 8.09. The first-order valence-electron chi connectivity index (χ1n) is 6.60. The van der Waals surface area contributed by atoms with E-state index in [1.54, 1.807) is 0 Å². The monoisotopic (exact) mass is 263 g/mol. The number of nitrogens with one attached hydrogen (secondary N) is 1. The van der Waals surface area contributed by atoms with Gasteiger partial charge in [-0.1, -0.05) is 13.8 Å². The van der Waals surface area contributed by atoms with Gasteiger partial charge in [0, 0.05) is 12.6 Å². The van der Waals surface area contributed by atoms with Crippen LogP contribution in [0.5, 0.6) is 0 Å². The highest BCUT2D eigenvalue weighted by Crippen LogP contribution is 2.22. The van der Waals surface area contributed by atoms with Crippen molar-refractivity contribution in [2.45, 2.75) is 39.2 Å². The maximum atomic E-state index is 11.5. The van der Waals surface area contributed by atoms with Crippen molar-refractivity contribution in [3.05, 3.63) is 0 Å². The van der Waals surface area contributed by atoms with E-state index in [2.05, 4.69) is 19.2 Å². The van der Waals surface area contributed by atoms with Crippen molar-refractivity contribution >= 4 is 9.84 Å². The minimum absolute atomic E-state index is 0.193. The summed E-state index contributed by atoms with van der Waals surface area (Å²) in [5.41, 5.74) is 0. The van der Waals surface area contributed by atoms with E-state index >= 15 is 0 Å². The van der Waals surface area contributed by atoms with Gasteiger partial charge in [0.15, 0.2) is 9.84 Å². The number of sulfone groups is 1. The van der Waals surface area contributed by atoms with Crippen molar-refractivity contribution in [2.75, 3.05) is 31.3 Å². The molecule has 0 spiro atoms. The van der Waals surface area contributed by atoms with E-state index in [1.165, 1.54) is 0 Å². The number of hydrogen-bond acceptors (Lipinski definition) is 4. The molecule has 1 N–H and O–H groups in total. The Balaban J connectivity index is 2.44. The average molecular weight is 263 g/mol. The van der Waals surface area contributed by atoms with Crippen LogP contribution < -0.4 is 5.32 Å². The second-order valence-electron chi connectivity index (χ2n) is 4.80. The molecule has 2 atom stereocenters. The van der Waals surface area contributed by atoms with E-state index in [0.717, 1.165) is 32.4 Å². The molecule has 0 aromatic carbocycles. The van der Waals surface area contributed by atoms with Gasteiger partial charge in [0.2, 0.25) is 0 Å². The van der Waals surface area contributed by atoms with Crippen molar-refractivity contribution in [3.63, 3.8) is 0 Å². The summed E-state index contributed by atoms with van der Waals surface area (Å²) in [5.74, 6) is 0.892. The number of ether oxygens (including phenoxy) is 1. The van der Waals surface area contributed by atoms with Gasteiger partial charge < -0.3 is 10.1 Å². The Bertz CT molecular complexity index is 303. The van der Waals surface area contributed by atoms with E-state index in [0.29, 0.717) is 18.1 Å². The van der Waals surface area contributed by atoms with Crippen LogP contribution in [0.3, 0.4) is 0 Å². The van der Waals surface area contributed by atoms with Gasteiger partial charge in [-0.2, -0.15) is 0 Å². The fraction of sp³-hybridized carbons (Fsp3) is 1.00. The van der Waals surface area contributed by atoms with Crippen LogP contribution >= 0.6 is 0 Å². The molecule has 1 rings (SSSR count). The quantitative estimate of drug-likeness (QED) is 0.669. The van der Waals surface area contributed by atoms with Crippen molar-refractivity contribution in [3.8, 4) is 0 Å².